The van der Waals surface area contributed by atoms with Crippen LogP contribution in [0.1, 0.15) is 67.9 Å². The van der Waals surface area contributed by atoms with Gasteiger partial charge in [-0.1, -0.05) is 26.0 Å². The Hall–Kier alpha value is -1.21. The fraction of sp³-hybridized carbons (Fsp3) is 0.611. The largest absolute Gasteiger partial charge is 0.332 e. The first-order valence-corrected chi connectivity index (χ1v) is 10.5. The van der Waals surface area contributed by atoms with Gasteiger partial charge in [-0.15, -0.1) is 16.4 Å². The van der Waals surface area contributed by atoms with Gasteiger partial charge in [0.1, 0.15) is 0 Å². The Morgan fingerprint density at radius 2 is 1.92 bits per heavy atom. The number of thiophene rings is 1. The van der Waals surface area contributed by atoms with Gasteiger partial charge in [0.15, 0.2) is 0 Å². The normalized spacial score (nSPS) is 26.2. The summed E-state index contributed by atoms with van der Waals surface area (Å²) in [5, 5.41) is 10.7. The van der Waals surface area contributed by atoms with Crippen LogP contribution in [-0.2, 0) is 5.41 Å². The molecule has 0 aliphatic carbocycles. The van der Waals surface area contributed by atoms with E-state index in [2.05, 4.69) is 58.1 Å². The summed E-state index contributed by atoms with van der Waals surface area (Å²) in [6.07, 6.45) is 6.24. The van der Waals surface area contributed by atoms with Crippen molar-refractivity contribution in [2.24, 2.45) is 0 Å². The van der Waals surface area contributed by atoms with E-state index in [1.165, 1.54) is 11.3 Å². The van der Waals surface area contributed by atoms with Gasteiger partial charge in [0.05, 0.1) is 16.6 Å². The highest BCUT2D eigenvalue weighted by molar-refractivity contribution is 9.10. The maximum Gasteiger partial charge on any atom is 0.264 e. The topological polar surface area (TPSA) is 51.0 Å². The van der Waals surface area contributed by atoms with Gasteiger partial charge in [0.25, 0.3) is 5.91 Å². The first kappa shape index (κ1) is 17.2. The smallest absolute Gasteiger partial charge is 0.264 e. The molecule has 2 unspecified atom stereocenters. The van der Waals surface area contributed by atoms with Crippen LogP contribution in [0.2, 0.25) is 0 Å². The van der Waals surface area contributed by atoms with Crippen molar-refractivity contribution in [1.82, 2.24) is 19.9 Å². The monoisotopic (exact) mass is 422 g/mol. The second kappa shape index (κ2) is 6.20. The van der Waals surface area contributed by atoms with Crippen LogP contribution < -0.4 is 0 Å². The van der Waals surface area contributed by atoms with Gasteiger partial charge >= 0.3 is 0 Å². The van der Waals surface area contributed by atoms with Crippen molar-refractivity contribution in [3.05, 3.63) is 32.7 Å². The molecule has 0 aromatic carbocycles. The predicted octanol–water partition coefficient (Wildman–Crippen LogP) is 4.41. The molecule has 2 aromatic rings. The van der Waals surface area contributed by atoms with Crippen molar-refractivity contribution in [1.29, 1.82) is 0 Å². The molecule has 25 heavy (non-hydrogen) atoms. The van der Waals surface area contributed by atoms with Gasteiger partial charge in [0.2, 0.25) is 0 Å². The van der Waals surface area contributed by atoms with Gasteiger partial charge in [0, 0.05) is 33.5 Å². The fourth-order valence-corrected chi connectivity index (χ4v) is 5.42. The lowest BCUT2D eigenvalue weighted by molar-refractivity contribution is 0.0528. The third-order valence-electron chi connectivity index (χ3n) is 5.37. The molecular formula is C18H23BrN4OS. The van der Waals surface area contributed by atoms with Crippen molar-refractivity contribution in [2.75, 3.05) is 0 Å². The number of nitrogens with zero attached hydrogens (tertiary/aromatic N) is 4. The number of aromatic nitrogens is 3. The maximum atomic E-state index is 12.9. The van der Waals surface area contributed by atoms with Gasteiger partial charge in [-0.05, 0) is 47.7 Å². The standard InChI is InChI=1S/C18H23BrN4OS/c1-18(2,3)16-9-22(21-20-16)14-7-12-4-5-13(8-14)23(12)17(24)15-6-11(19)10-25-15/h6,9-10,12-14H,4-5,7-8H2,1-3H3. The molecule has 0 saturated carbocycles. The Morgan fingerprint density at radius 3 is 2.44 bits per heavy atom. The van der Waals surface area contributed by atoms with E-state index in [0.717, 1.165) is 40.7 Å². The van der Waals surface area contributed by atoms with Gasteiger partial charge in [-0.25, -0.2) is 4.68 Å². The van der Waals surface area contributed by atoms with Crippen molar-refractivity contribution in [3.8, 4) is 0 Å². The average molecular weight is 423 g/mol. The van der Waals surface area contributed by atoms with Crippen LogP contribution in [0.25, 0.3) is 0 Å². The van der Waals surface area contributed by atoms with E-state index < -0.39 is 0 Å². The minimum Gasteiger partial charge on any atom is -0.332 e. The van der Waals surface area contributed by atoms with Gasteiger partial charge < -0.3 is 4.90 Å². The molecule has 7 heteroatoms. The summed E-state index contributed by atoms with van der Waals surface area (Å²) in [7, 11) is 0. The second-order valence-electron chi connectivity index (χ2n) is 8.19. The summed E-state index contributed by atoms with van der Waals surface area (Å²) >= 11 is 4.97. The number of carbonyl (C=O) groups is 1. The Morgan fingerprint density at radius 1 is 1.24 bits per heavy atom. The Bertz CT molecular complexity index is 779. The second-order valence-corrected chi connectivity index (χ2v) is 10.0. The number of hydrogen-bond acceptors (Lipinski definition) is 4. The quantitative estimate of drug-likeness (QED) is 0.719. The van der Waals surface area contributed by atoms with Crippen molar-refractivity contribution in [2.45, 2.75) is 70.0 Å². The van der Waals surface area contributed by atoms with Crippen LogP contribution in [0.3, 0.4) is 0 Å². The molecular weight excluding hydrogens is 400 g/mol. The SMILES string of the molecule is CC(C)(C)c1cn(C2CC3CCC(C2)N3C(=O)c2cc(Br)cs2)nn1. The number of halogens is 1. The van der Waals surface area contributed by atoms with E-state index in [9.17, 15) is 4.79 Å². The zero-order valence-electron chi connectivity index (χ0n) is 14.8. The van der Waals surface area contributed by atoms with E-state index in [1.807, 2.05) is 16.1 Å². The highest BCUT2D eigenvalue weighted by Gasteiger charge is 2.44. The first-order chi connectivity index (χ1) is 11.8. The molecule has 2 atom stereocenters. The number of rotatable bonds is 2. The fourth-order valence-electron chi connectivity index (χ4n) is 4.05. The van der Waals surface area contributed by atoms with Crippen molar-refractivity contribution < 1.29 is 4.79 Å². The Labute approximate surface area is 160 Å². The lowest BCUT2D eigenvalue weighted by Crippen LogP contribution is -2.46. The summed E-state index contributed by atoms with van der Waals surface area (Å²) < 4.78 is 3.02. The summed E-state index contributed by atoms with van der Waals surface area (Å²) in [6, 6.07) is 2.92. The molecule has 2 aliphatic rings. The molecule has 0 radical (unpaired) electrons. The predicted molar refractivity (Wildman–Crippen MR) is 102 cm³/mol. The molecule has 5 nitrogen and oxygen atoms in total. The Balaban J connectivity index is 1.52. The van der Waals surface area contributed by atoms with E-state index in [-0.39, 0.29) is 11.3 Å². The van der Waals surface area contributed by atoms with Crippen LogP contribution in [0.4, 0.5) is 0 Å². The molecule has 0 N–H and O–H groups in total. The lowest BCUT2D eigenvalue weighted by Gasteiger charge is -2.38. The van der Waals surface area contributed by atoms with Gasteiger partial charge in [-0.2, -0.15) is 0 Å². The molecule has 2 saturated heterocycles. The molecule has 0 spiro atoms. The Kier molecular flexibility index (Phi) is 4.27. The van der Waals surface area contributed by atoms with Crippen LogP contribution in [0.15, 0.2) is 22.1 Å². The van der Waals surface area contributed by atoms with Crippen LogP contribution >= 0.6 is 27.3 Å². The van der Waals surface area contributed by atoms with Crippen LogP contribution in [-0.4, -0.2) is 37.9 Å². The third-order valence-corrected chi connectivity index (χ3v) is 7.05. The highest BCUT2D eigenvalue weighted by atomic mass is 79.9. The third kappa shape index (κ3) is 3.16. The first-order valence-electron chi connectivity index (χ1n) is 8.82. The van der Waals surface area contributed by atoms with E-state index in [4.69, 9.17) is 0 Å². The zero-order chi connectivity index (χ0) is 17.8. The molecule has 1 amide bonds. The van der Waals surface area contributed by atoms with Crippen molar-refractivity contribution >= 4 is 33.2 Å². The summed E-state index contributed by atoms with van der Waals surface area (Å²) in [5.74, 6) is 0.190. The van der Waals surface area contributed by atoms with E-state index in [0.29, 0.717) is 18.1 Å². The molecule has 4 heterocycles. The average Bonchev–Trinajstić information content (AvgIpc) is 3.24. The minimum atomic E-state index is 0.0143. The van der Waals surface area contributed by atoms with Crippen molar-refractivity contribution in [3.63, 3.8) is 0 Å². The number of carbonyl (C=O) groups excluding carboxylic acids is 1. The maximum absolute atomic E-state index is 12.9. The number of piperidine rings is 1. The van der Waals surface area contributed by atoms with E-state index >= 15 is 0 Å². The van der Waals surface area contributed by atoms with Crippen LogP contribution in [0.5, 0.6) is 0 Å². The van der Waals surface area contributed by atoms with E-state index in [1.54, 1.807) is 0 Å². The molecule has 4 rings (SSSR count). The molecule has 2 aliphatic heterocycles. The lowest BCUT2D eigenvalue weighted by atomic mass is 9.93. The number of amides is 1. The summed E-state index contributed by atoms with van der Waals surface area (Å²) in [6.45, 7) is 6.47. The highest BCUT2D eigenvalue weighted by Crippen LogP contribution is 2.42. The molecule has 134 valence electrons. The summed E-state index contributed by atoms with van der Waals surface area (Å²) in [4.78, 5) is 15.9. The summed E-state index contributed by atoms with van der Waals surface area (Å²) in [5.41, 5.74) is 1.04. The van der Waals surface area contributed by atoms with Gasteiger partial charge in [-0.3, -0.25) is 4.79 Å². The molecule has 2 fully saturated rings. The van der Waals surface area contributed by atoms with Crippen LogP contribution in [0, 0.1) is 0 Å². The zero-order valence-corrected chi connectivity index (χ0v) is 17.2. The molecule has 2 aromatic heterocycles. The number of fused-ring (bicyclic) bond motifs is 2. The molecule has 2 bridgehead atoms. The number of hydrogen-bond donors (Lipinski definition) is 0. The minimum absolute atomic E-state index is 0.0143.